The van der Waals surface area contributed by atoms with E-state index in [2.05, 4.69) is 15.5 Å². The van der Waals surface area contributed by atoms with Crippen LogP contribution in [0.3, 0.4) is 0 Å². The fraction of sp³-hybridized carbons (Fsp3) is 0.0870. The number of hydrogen-bond acceptors (Lipinski definition) is 5. The Hall–Kier alpha value is -3.93. The predicted octanol–water partition coefficient (Wildman–Crippen LogP) is 3.93. The van der Waals surface area contributed by atoms with Gasteiger partial charge in [-0.25, -0.2) is 5.43 Å². The maximum atomic E-state index is 12.1. The Balaban J connectivity index is 1.42. The fourth-order valence-corrected chi connectivity index (χ4v) is 3.13. The molecule has 0 fully saturated rings. The van der Waals surface area contributed by atoms with E-state index in [1.807, 2.05) is 60.7 Å². The van der Waals surface area contributed by atoms with E-state index in [1.54, 1.807) is 25.6 Å². The topological polar surface area (TPSA) is 72.8 Å². The highest BCUT2D eigenvalue weighted by molar-refractivity contribution is 6.02. The van der Waals surface area contributed by atoms with Crippen molar-refractivity contribution in [2.45, 2.75) is 0 Å². The summed E-state index contributed by atoms with van der Waals surface area (Å²) >= 11 is 0. The Morgan fingerprint density at radius 1 is 1.00 bits per heavy atom. The van der Waals surface area contributed by atoms with E-state index in [1.165, 1.54) is 0 Å². The lowest BCUT2D eigenvalue weighted by Gasteiger charge is -2.08. The van der Waals surface area contributed by atoms with E-state index in [-0.39, 0.29) is 12.5 Å². The van der Waals surface area contributed by atoms with Gasteiger partial charge in [0, 0.05) is 22.5 Å². The molecule has 3 aromatic carbocycles. The number of para-hydroxylation sites is 1. The number of benzene rings is 3. The van der Waals surface area contributed by atoms with Gasteiger partial charge in [0.1, 0.15) is 17.0 Å². The van der Waals surface area contributed by atoms with Crippen LogP contribution in [0.4, 0.5) is 0 Å². The number of nitrogens with zero attached hydrogens (tertiary/aromatic N) is 2. The zero-order valence-corrected chi connectivity index (χ0v) is 15.8. The normalized spacial score (nSPS) is 11.1. The molecule has 6 nitrogen and oxygen atoms in total. The SMILES string of the molecule is COc1ccc(/C=N/NC(=O)COc2cccc3cccnc23)c2ccccc12. The van der Waals surface area contributed by atoms with E-state index in [4.69, 9.17) is 9.47 Å². The molecule has 0 spiro atoms. The second-order valence-electron chi connectivity index (χ2n) is 6.32. The maximum absolute atomic E-state index is 12.1. The first-order valence-electron chi connectivity index (χ1n) is 9.10. The maximum Gasteiger partial charge on any atom is 0.277 e. The Kier molecular flexibility index (Phi) is 5.33. The van der Waals surface area contributed by atoms with Gasteiger partial charge in [0.05, 0.1) is 13.3 Å². The smallest absolute Gasteiger partial charge is 0.277 e. The van der Waals surface area contributed by atoms with E-state index >= 15 is 0 Å². The first-order chi connectivity index (χ1) is 14.3. The molecule has 0 atom stereocenters. The van der Waals surface area contributed by atoms with Crippen LogP contribution in [-0.4, -0.2) is 30.8 Å². The largest absolute Gasteiger partial charge is 0.496 e. The van der Waals surface area contributed by atoms with Crippen molar-refractivity contribution in [1.29, 1.82) is 0 Å². The van der Waals surface area contributed by atoms with Gasteiger partial charge in [-0.15, -0.1) is 0 Å². The average Bonchev–Trinajstić information content (AvgIpc) is 2.77. The van der Waals surface area contributed by atoms with Crippen molar-refractivity contribution in [1.82, 2.24) is 10.4 Å². The highest BCUT2D eigenvalue weighted by atomic mass is 16.5. The van der Waals surface area contributed by atoms with Crippen LogP contribution in [-0.2, 0) is 4.79 Å². The average molecular weight is 385 g/mol. The van der Waals surface area contributed by atoms with Crippen LogP contribution in [0.5, 0.6) is 11.5 Å². The molecule has 1 amide bonds. The van der Waals surface area contributed by atoms with Gasteiger partial charge in [-0.1, -0.05) is 42.5 Å². The number of carbonyl (C=O) groups excluding carboxylic acids is 1. The highest BCUT2D eigenvalue weighted by Crippen LogP contribution is 2.27. The fourth-order valence-electron chi connectivity index (χ4n) is 3.13. The molecule has 0 radical (unpaired) electrons. The molecule has 0 aliphatic rings. The number of hydrazone groups is 1. The van der Waals surface area contributed by atoms with Crippen molar-refractivity contribution in [3.05, 3.63) is 78.5 Å². The number of methoxy groups -OCH3 is 1. The summed E-state index contributed by atoms with van der Waals surface area (Å²) in [5.41, 5.74) is 4.09. The second kappa shape index (κ2) is 8.39. The number of fused-ring (bicyclic) bond motifs is 2. The zero-order valence-electron chi connectivity index (χ0n) is 15.8. The lowest BCUT2D eigenvalue weighted by Crippen LogP contribution is -2.24. The molecular formula is C23H19N3O3. The third-order valence-electron chi connectivity index (χ3n) is 4.49. The lowest BCUT2D eigenvalue weighted by atomic mass is 10.0. The zero-order chi connectivity index (χ0) is 20.1. The standard InChI is InChI=1S/C23H19N3O3/c1-28-20-12-11-17(18-8-2-3-9-19(18)20)14-25-26-22(27)15-29-21-10-4-6-16-7-5-13-24-23(16)21/h2-14H,15H2,1H3,(H,26,27)/b25-14+. The second-order valence-corrected chi connectivity index (χ2v) is 6.32. The van der Waals surface area contributed by atoms with Crippen LogP contribution in [0.15, 0.2) is 78.0 Å². The summed E-state index contributed by atoms with van der Waals surface area (Å²) < 4.78 is 11.0. The molecule has 1 N–H and O–H groups in total. The third-order valence-corrected chi connectivity index (χ3v) is 4.49. The van der Waals surface area contributed by atoms with Crippen LogP contribution in [0.2, 0.25) is 0 Å². The molecule has 1 heterocycles. The first-order valence-corrected chi connectivity index (χ1v) is 9.10. The van der Waals surface area contributed by atoms with Gasteiger partial charge in [0.2, 0.25) is 0 Å². The van der Waals surface area contributed by atoms with Crippen molar-refractivity contribution in [2.24, 2.45) is 5.10 Å². The van der Waals surface area contributed by atoms with Gasteiger partial charge in [-0.05, 0) is 29.7 Å². The van der Waals surface area contributed by atoms with Gasteiger partial charge in [0.15, 0.2) is 6.61 Å². The van der Waals surface area contributed by atoms with Gasteiger partial charge in [0.25, 0.3) is 5.91 Å². The Labute approximate surface area is 167 Å². The quantitative estimate of drug-likeness (QED) is 0.403. The Morgan fingerprint density at radius 3 is 2.69 bits per heavy atom. The number of nitrogens with one attached hydrogen (secondary N) is 1. The predicted molar refractivity (Wildman–Crippen MR) is 113 cm³/mol. The molecule has 4 rings (SSSR count). The number of carbonyl (C=O) groups is 1. The Bertz CT molecular complexity index is 1200. The summed E-state index contributed by atoms with van der Waals surface area (Å²) in [6.07, 6.45) is 3.30. The van der Waals surface area contributed by atoms with Crippen LogP contribution >= 0.6 is 0 Å². The minimum atomic E-state index is -0.355. The molecule has 29 heavy (non-hydrogen) atoms. The monoisotopic (exact) mass is 385 g/mol. The number of hydrogen-bond donors (Lipinski definition) is 1. The molecule has 0 saturated carbocycles. The van der Waals surface area contributed by atoms with E-state index in [0.717, 1.165) is 33.0 Å². The summed E-state index contributed by atoms with van der Waals surface area (Å²) in [6, 6.07) is 21.0. The number of pyridine rings is 1. The minimum absolute atomic E-state index is 0.156. The molecule has 0 aliphatic carbocycles. The van der Waals surface area contributed by atoms with Gasteiger partial charge < -0.3 is 9.47 Å². The van der Waals surface area contributed by atoms with Crippen LogP contribution in [0.25, 0.3) is 21.7 Å². The molecule has 1 aromatic heterocycles. The summed E-state index contributed by atoms with van der Waals surface area (Å²) in [4.78, 5) is 16.4. The molecule has 0 aliphatic heterocycles. The van der Waals surface area contributed by atoms with Crippen molar-refractivity contribution in [3.63, 3.8) is 0 Å². The Morgan fingerprint density at radius 2 is 1.83 bits per heavy atom. The van der Waals surface area contributed by atoms with Gasteiger partial charge in [-0.3, -0.25) is 9.78 Å². The van der Waals surface area contributed by atoms with E-state index < -0.39 is 0 Å². The van der Waals surface area contributed by atoms with Crippen molar-refractivity contribution >= 4 is 33.8 Å². The number of ether oxygens (including phenoxy) is 2. The highest BCUT2D eigenvalue weighted by Gasteiger charge is 2.07. The molecular weight excluding hydrogens is 366 g/mol. The van der Waals surface area contributed by atoms with E-state index in [0.29, 0.717) is 5.75 Å². The summed E-state index contributed by atoms with van der Waals surface area (Å²) in [6.45, 7) is -0.156. The number of amides is 1. The summed E-state index contributed by atoms with van der Waals surface area (Å²) in [5.74, 6) is 0.995. The molecule has 0 bridgehead atoms. The van der Waals surface area contributed by atoms with E-state index in [9.17, 15) is 4.79 Å². The third kappa shape index (κ3) is 4.01. The molecule has 4 aromatic rings. The van der Waals surface area contributed by atoms with Crippen LogP contribution in [0, 0.1) is 0 Å². The minimum Gasteiger partial charge on any atom is -0.496 e. The van der Waals surface area contributed by atoms with Gasteiger partial charge >= 0.3 is 0 Å². The molecule has 144 valence electrons. The van der Waals surface area contributed by atoms with Crippen molar-refractivity contribution in [3.8, 4) is 11.5 Å². The van der Waals surface area contributed by atoms with Crippen LogP contribution < -0.4 is 14.9 Å². The van der Waals surface area contributed by atoms with Gasteiger partial charge in [-0.2, -0.15) is 5.10 Å². The van der Waals surface area contributed by atoms with Crippen LogP contribution in [0.1, 0.15) is 5.56 Å². The lowest BCUT2D eigenvalue weighted by molar-refractivity contribution is -0.123. The summed E-state index contributed by atoms with van der Waals surface area (Å²) in [7, 11) is 1.64. The number of aromatic nitrogens is 1. The first kappa shape index (κ1) is 18.4. The molecule has 0 unspecified atom stereocenters. The molecule has 6 heteroatoms. The van der Waals surface area contributed by atoms with Crippen molar-refractivity contribution in [2.75, 3.05) is 13.7 Å². The van der Waals surface area contributed by atoms with Crippen molar-refractivity contribution < 1.29 is 14.3 Å². The summed E-state index contributed by atoms with van der Waals surface area (Å²) in [5, 5.41) is 6.99. The number of rotatable bonds is 6. The molecule has 0 saturated heterocycles.